The van der Waals surface area contributed by atoms with Gasteiger partial charge in [-0.25, -0.2) is 0 Å². The quantitative estimate of drug-likeness (QED) is 0.127. The van der Waals surface area contributed by atoms with Crippen molar-refractivity contribution in [3.05, 3.63) is 42.0 Å². The van der Waals surface area contributed by atoms with Gasteiger partial charge in [-0.05, 0) is 31.9 Å². The molecule has 0 bridgehead atoms. The molecule has 0 saturated carbocycles. The molecule has 1 rings (SSSR count). The second kappa shape index (κ2) is 22.5. The van der Waals surface area contributed by atoms with Crippen molar-refractivity contribution in [3.63, 3.8) is 0 Å². The summed E-state index contributed by atoms with van der Waals surface area (Å²) in [5.74, 6) is 0. The van der Waals surface area contributed by atoms with Gasteiger partial charge in [0.1, 0.15) is 0 Å². The first-order valence-corrected chi connectivity index (χ1v) is 16.3. The molecule has 1 unspecified atom stereocenters. The fourth-order valence-electron chi connectivity index (χ4n) is 4.61. The molecule has 1 atom stereocenters. The van der Waals surface area contributed by atoms with Crippen LogP contribution in [0.25, 0.3) is 6.08 Å². The second-order valence-electron chi connectivity index (χ2n) is 10.0. The lowest BCUT2D eigenvalue weighted by Crippen LogP contribution is -3.00. The second-order valence-corrected chi connectivity index (χ2v) is 13.0. The number of hydrogen-bond acceptors (Lipinski definition) is 0. The van der Waals surface area contributed by atoms with Crippen molar-refractivity contribution >= 4 is 14.0 Å². The van der Waals surface area contributed by atoms with E-state index in [9.17, 15) is 0 Å². The van der Waals surface area contributed by atoms with E-state index in [1.807, 2.05) is 6.08 Å². The van der Waals surface area contributed by atoms with Crippen LogP contribution in [0.15, 0.2) is 30.8 Å². The highest BCUT2D eigenvalue weighted by atomic mass is 35.5. The molecule has 0 fully saturated rings. The zero-order chi connectivity index (χ0) is 22.6. The van der Waals surface area contributed by atoms with Crippen LogP contribution in [0.3, 0.4) is 0 Å². The van der Waals surface area contributed by atoms with Gasteiger partial charge in [0.05, 0.1) is 5.66 Å². The summed E-state index contributed by atoms with van der Waals surface area (Å²) >= 11 is 0. The Morgan fingerprint density at radius 2 is 1.09 bits per heavy atom. The molecule has 0 aromatic heterocycles. The van der Waals surface area contributed by atoms with Crippen molar-refractivity contribution in [2.24, 2.45) is 0 Å². The smallest absolute Gasteiger partial charge is 0.0710 e. The molecule has 0 amide bonds. The van der Waals surface area contributed by atoms with Crippen LogP contribution in [-0.4, -0.2) is 19.0 Å². The monoisotopic (exact) mass is 480 g/mol. The minimum Gasteiger partial charge on any atom is -1.00 e. The average Bonchev–Trinajstić information content (AvgIpc) is 2.78. The number of halogens is 1. The molecule has 0 spiro atoms. The third-order valence-electron chi connectivity index (χ3n) is 6.92. The molecule has 1 aromatic rings. The van der Waals surface area contributed by atoms with Gasteiger partial charge in [0.2, 0.25) is 0 Å². The maximum atomic E-state index is 3.86. The molecule has 0 aliphatic rings. The van der Waals surface area contributed by atoms with E-state index in [1.54, 1.807) is 0 Å². The zero-order valence-electron chi connectivity index (χ0n) is 21.8. The Balaban J connectivity index is 0.00000961. The number of unbranched alkanes of at least 4 members (excludes halogenated alkanes) is 15. The summed E-state index contributed by atoms with van der Waals surface area (Å²) in [6.07, 6.45) is 27.9. The van der Waals surface area contributed by atoms with Crippen molar-refractivity contribution in [2.45, 2.75) is 128 Å². The van der Waals surface area contributed by atoms with Gasteiger partial charge >= 0.3 is 0 Å². The van der Waals surface area contributed by atoms with E-state index < -0.39 is 0 Å². The molecule has 2 heteroatoms. The van der Waals surface area contributed by atoms with Gasteiger partial charge in [0, 0.05) is 19.8 Å². The van der Waals surface area contributed by atoms with Crippen LogP contribution in [-0.2, 0) is 6.42 Å². The summed E-state index contributed by atoms with van der Waals surface area (Å²) in [4.78, 5) is 0. The molecule has 0 aliphatic heterocycles. The fourth-order valence-corrected chi connectivity index (χ4v) is 6.03. The molecule has 0 saturated heterocycles. The normalized spacial score (nSPS) is 12.0. The summed E-state index contributed by atoms with van der Waals surface area (Å²) in [7, 11) is -0.226. The van der Waals surface area contributed by atoms with E-state index in [0.29, 0.717) is 0 Å². The van der Waals surface area contributed by atoms with Gasteiger partial charge in [0.25, 0.3) is 0 Å². The first kappa shape index (κ1) is 31.7. The molecule has 0 N–H and O–H groups in total. The summed E-state index contributed by atoms with van der Waals surface area (Å²) in [6, 6.07) is 9.04. The van der Waals surface area contributed by atoms with Crippen LogP contribution in [0.4, 0.5) is 0 Å². The molecule has 0 aliphatic carbocycles. The summed E-state index contributed by atoms with van der Waals surface area (Å²) in [5.41, 5.74) is 3.67. The SMILES string of the molecule is C=Cc1ccc(CC(CCCCCCCCCCCCCCCCCC)[PH+](C)C)cc1.[Cl-]. The van der Waals surface area contributed by atoms with E-state index >= 15 is 0 Å². The highest BCUT2D eigenvalue weighted by Gasteiger charge is 2.19. The fraction of sp³-hybridized carbons (Fsp3) is 0.733. The Kier molecular flexibility index (Phi) is 22.2. The standard InChI is InChI=1S/C30H53P.ClH/c1-5-7-8-9-10-11-12-13-14-15-16-17-18-19-20-21-22-30(31(3)4)27-29-25-23-28(6-2)24-26-29;/h6,23-26,30H,2,5,7-22,27H2,1,3-4H3;1H. The van der Waals surface area contributed by atoms with Crippen molar-refractivity contribution in [1.82, 2.24) is 0 Å². The van der Waals surface area contributed by atoms with E-state index in [1.165, 1.54) is 127 Å². The molecule has 0 heterocycles. The topological polar surface area (TPSA) is 0 Å². The molecule has 0 radical (unpaired) electrons. The van der Waals surface area contributed by atoms with Crippen molar-refractivity contribution < 1.29 is 12.4 Å². The first-order valence-electron chi connectivity index (χ1n) is 13.7. The van der Waals surface area contributed by atoms with Gasteiger partial charge in [-0.15, -0.1) is 0 Å². The van der Waals surface area contributed by atoms with Crippen LogP contribution < -0.4 is 12.4 Å². The third-order valence-corrected chi connectivity index (χ3v) is 9.05. The molecular formula is C30H54ClP. The van der Waals surface area contributed by atoms with Gasteiger partial charge in [-0.3, -0.25) is 0 Å². The first-order chi connectivity index (χ1) is 15.2. The Bertz CT molecular complexity index is 522. The lowest BCUT2D eigenvalue weighted by atomic mass is 10.0. The molecular weight excluding hydrogens is 427 g/mol. The Hall–Kier alpha value is -0.320. The Morgan fingerprint density at radius 3 is 1.47 bits per heavy atom. The van der Waals surface area contributed by atoms with Crippen LogP contribution in [0.2, 0.25) is 0 Å². The average molecular weight is 481 g/mol. The molecule has 32 heavy (non-hydrogen) atoms. The predicted molar refractivity (Wildman–Crippen MR) is 148 cm³/mol. The van der Waals surface area contributed by atoms with E-state index in [-0.39, 0.29) is 20.3 Å². The maximum absolute atomic E-state index is 3.86. The van der Waals surface area contributed by atoms with Crippen molar-refractivity contribution in [1.29, 1.82) is 0 Å². The number of hydrogen-bond donors (Lipinski definition) is 0. The molecule has 0 nitrogen and oxygen atoms in total. The van der Waals surface area contributed by atoms with Crippen molar-refractivity contribution in [3.8, 4) is 0 Å². The van der Waals surface area contributed by atoms with Crippen LogP contribution in [0, 0.1) is 0 Å². The van der Waals surface area contributed by atoms with Gasteiger partial charge in [-0.2, -0.15) is 0 Å². The maximum Gasteiger partial charge on any atom is 0.0710 e. The lowest BCUT2D eigenvalue weighted by molar-refractivity contribution is -0.00000676. The third kappa shape index (κ3) is 17.2. The summed E-state index contributed by atoms with van der Waals surface area (Å²) in [6.45, 7) is 11.2. The largest absolute Gasteiger partial charge is 1.00 e. The van der Waals surface area contributed by atoms with E-state index in [4.69, 9.17) is 0 Å². The van der Waals surface area contributed by atoms with E-state index in [0.717, 1.165) is 5.66 Å². The minimum atomic E-state index is -0.226. The number of rotatable bonds is 21. The van der Waals surface area contributed by atoms with Crippen LogP contribution in [0.5, 0.6) is 0 Å². The highest BCUT2D eigenvalue weighted by Crippen LogP contribution is 2.38. The molecule has 1 aromatic carbocycles. The zero-order valence-corrected chi connectivity index (χ0v) is 23.5. The van der Waals surface area contributed by atoms with Gasteiger partial charge in [0.15, 0.2) is 0 Å². The van der Waals surface area contributed by atoms with Gasteiger partial charge in [-0.1, -0.05) is 140 Å². The number of benzene rings is 1. The molecule has 186 valence electrons. The Morgan fingerprint density at radius 1 is 0.688 bits per heavy atom. The summed E-state index contributed by atoms with van der Waals surface area (Å²) in [5, 5.41) is 0. The Labute approximate surface area is 209 Å². The van der Waals surface area contributed by atoms with Crippen LogP contribution in [0.1, 0.15) is 127 Å². The predicted octanol–water partition coefficient (Wildman–Crippen LogP) is 7.37. The van der Waals surface area contributed by atoms with E-state index in [2.05, 4.69) is 51.1 Å². The van der Waals surface area contributed by atoms with Crippen LogP contribution >= 0.6 is 7.92 Å². The summed E-state index contributed by atoms with van der Waals surface area (Å²) < 4.78 is 0. The lowest BCUT2D eigenvalue weighted by Gasteiger charge is -2.16. The minimum absolute atomic E-state index is 0. The van der Waals surface area contributed by atoms with Gasteiger partial charge < -0.3 is 12.4 Å². The van der Waals surface area contributed by atoms with Crippen molar-refractivity contribution in [2.75, 3.05) is 13.3 Å². The highest BCUT2D eigenvalue weighted by molar-refractivity contribution is 7.56.